The molecule has 3 heterocycles. The number of carbonyl (C=O) groups excluding carboxylic acids is 1. The molecule has 2 aromatic carbocycles. The fourth-order valence-corrected chi connectivity index (χ4v) is 5.55. The lowest BCUT2D eigenvalue weighted by atomic mass is 10.1. The van der Waals surface area contributed by atoms with Gasteiger partial charge in [-0.3, -0.25) is 14.2 Å². The molecule has 8 heteroatoms. The Labute approximate surface area is 188 Å². The van der Waals surface area contributed by atoms with E-state index in [9.17, 15) is 14.4 Å². The summed E-state index contributed by atoms with van der Waals surface area (Å²) in [5.41, 5.74) is 1.32. The number of nitrogens with zero attached hydrogens (tertiary/aromatic N) is 3. The molecule has 1 N–H and O–H groups in total. The van der Waals surface area contributed by atoms with Gasteiger partial charge in [0.25, 0.3) is 5.56 Å². The molecule has 5 rings (SSSR count). The van der Waals surface area contributed by atoms with Gasteiger partial charge in [-0.2, -0.15) is 0 Å². The Hall–Kier alpha value is -3.49. The van der Waals surface area contributed by atoms with Crippen LogP contribution in [0, 0.1) is 0 Å². The van der Waals surface area contributed by atoms with Crippen LogP contribution >= 0.6 is 11.3 Å². The van der Waals surface area contributed by atoms with Crippen molar-refractivity contribution in [2.24, 2.45) is 0 Å². The maximum absolute atomic E-state index is 13.5. The Bertz CT molecular complexity index is 1420. The largest absolute Gasteiger partial charge is 0.337 e. The Kier molecular flexibility index (Phi) is 5.24. The van der Waals surface area contributed by atoms with Crippen molar-refractivity contribution in [3.63, 3.8) is 0 Å². The Morgan fingerprint density at radius 3 is 2.44 bits per heavy atom. The van der Waals surface area contributed by atoms with E-state index >= 15 is 0 Å². The van der Waals surface area contributed by atoms with E-state index in [1.807, 2.05) is 31.3 Å². The second kappa shape index (κ2) is 8.22. The number of carbonyl (C=O) groups is 1. The maximum Gasteiger partial charge on any atom is 0.337 e. The summed E-state index contributed by atoms with van der Waals surface area (Å²) in [6, 6.07) is 18.0. The average Bonchev–Trinajstić information content (AvgIpc) is 3.17. The maximum atomic E-state index is 13.5. The van der Waals surface area contributed by atoms with Gasteiger partial charge in [0, 0.05) is 23.7 Å². The van der Waals surface area contributed by atoms with E-state index in [2.05, 4.69) is 10.2 Å². The first kappa shape index (κ1) is 20.4. The lowest BCUT2D eigenvalue weighted by molar-refractivity contribution is -0.116. The van der Waals surface area contributed by atoms with Gasteiger partial charge in [0.1, 0.15) is 11.4 Å². The third-order valence-electron chi connectivity index (χ3n) is 5.69. The van der Waals surface area contributed by atoms with E-state index in [1.54, 1.807) is 36.4 Å². The summed E-state index contributed by atoms with van der Waals surface area (Å²) < 4.78 is 2.62. The van der Waals surface area contributed by atoms with Crippen LogP contribution in [-0.2, 0) is 24.3 Å². The van der Waals surface area contributed by atoms with E-state index in [0.717, 1.165) is 30.0 Å². The molecule has 162 valence electrons. The van der Waals surface area contributed by atoms with E-state index in [-0.39, 0.29) is 18.0 Å². The minimum Gasteiger partial charge on any atom is -0.325 e. The van der Waals surface area contributed by atoms with Crippen LogP contribution in [0.5, 0.6) is 0 Å². The molecule has 1 aliphatic heterocycles. The number of fused-ring (bicyclic) bond motifs is 3. The molecule has 0 atom stereocenters. The predicted molar refractivity (Wildman–Crippen MR) is 127 cm³/mol. The summed E-state index contributed by atoms with van der Waals surface area (Å²) in [5.74, 6) is -0.318. The molecule has 1 aliphatic rings. The molecule has 1 amide bonds. The molecule has 4 aromatic rings. The predicted octanol–water partition coefficient (Wildman–Crippen LogP) is 2.84. The fraction of sp³-hybridized carbons (Fsp3) is 0.208. The van der Waals surface area contributed by atoms with Gasteiger partial charge >= 0.3 is 5.69 Å². The summed E-state index contributed by atoms with van der Waals surface area (Å²) in [6.45, 7) is 1.40. The van der Waals surface area contributed by atoms with Crippen molar-refractivity contribution < 1.29 is 4.79 Å². The van der Waals surface area contributed by atoms with Crippen LogP contribution in [-0.4, -0.2) is 33.5 Å². The minimum atomic E-state index is -0.510. The van der Waals surface area contributed by atoms with E-state index in [4.69, 9.17) is 0 Å². The zero-order valence-corrected chi connectivity index (χ0v) is 18.4. The molecule has 0 spiro atoms. The third-order valence-corrected chi connectivity index (χ3v) is 6.93. The summed E-state index contributed by atoms with van der Waals surface area (Å²) in [7, 11) is 2.04. The third kappa shape index (κ3) is 3.57. The standard InChI is InChI=1S/C24H22N4O3S/c1-26-13-12-18-19(14-26)32-23-21(18)22(30)28(17-10-6-3-7-11-17)24(31)27(23)15-20(29)25-16-8-4-2-5-9-16/h2-11H,12-15H2,1H3,(H,25,29). The van der Waals surface area contributed by atoms with Gasteiger partial charge < -0.3 is 10.2 Å². The molecule has 0 aliphatic carbocycles. The van der Waals surface area contributed by atoms with Crippen molar-refractivity contribution in [3.05, 3.63) is 91.9 Å². The number of amides is 1. The molecule has 7 nitrogen and oxygen atoms in total. The van der Waals surface area contributed by atoms with Crippen molar-refractivity contribution in [2.75, 3.05) is 18.9 Å². The van der Waals surface area contributed by atoms with Crippen molar-refractivity contribution in [2.45, 2.75) is 19.5 Å². The highest BCUT2D eigenvalue weighted by Crippen LogP contribution is 2.32. The average molecular weight is 447 g/mol. The molecule has 2 aromatic heterocycles. The number of thiophene rings is 1. The van der Waals surface area contributed by atoms with Crippen LogP contribution in [0.25, 0.3) is 15.9 Å². The van der Waals surface area contributed by atoms with Gasteiger partial charge in [-0.05, 0) is 43.3 Å². The SMILES string of the molecule is CN1CCc2c(sc3c2c(=O)n(-c2ccccc2)c(=O)n3CC(=O)Nc2ccccc2)C1. The van der Waals surface area contributed by atoms with Gasteiger partial charge in [-0.15, -0.1) is 11.3 Å². The highest BCUT2D eigenvalue weighted by atomic mass is 32.1. The van der Waals surface area contributed by atoms with Crippen LogP contribution in [0.1, 0.15) is 10.4 Å². The lowest BCUT2D eigenvalue weighted by Gasteiger charge is -2.21. The van der Waals surface area contributed by atoms with Crippen molar-refractivity contribution in [3.8, 4) is 5.69 Å². The van der Waals surface area contributed by atoms with Crippen molar-refractivity contribution in [1.29, 1.82) is 0 Å². The van der Waals surface area contributed by atoms with Crippen molar-refractivity contribution >= 4 is 33.1 Å². The number of benzene rings is 2. The fourth-order valence-electron chi connectivity index (χ4n) is 4.14. The van der Waals surface area contributed by atoms with Gasteiger partial charge in [0.05, 0.1) is 11.1 Å². The quantitative estimate of drug-likeness (QED) is 0.523. The number of para-hydroxylation sites is 2. The van der Waals surface area contributed by atoms with E-state index in [0.29, 0.717) is 21.6 Å². The van der Waals surface area contributed by atoms with Crippen molar-refractivity contribution in [1.82, 2.24) is 14.0 Å². The molecule has 32 heavy (non-hydrogen) atoms. The first-order chi connectivity index (χ1) is 15.5. The highest BCUT2D eigenvalue weighted by molar-refractivity contribution is 7.18. The lowest BCUT2D eigenvalue weighted by Crippen LogP contribution is -2.40. The Morgan fingerprint density at radius 2 is 1.72 bits per heavy atom. The smallest absolute Gasteiger partial charge is 0.325 e. The number of aromatic nitrogens is 2. The number of rotatable bonds is 4. The molecule has 0 saturated carbocycles. The number of likely N-dealkylation sites (N-methyl/N-ethyl adjacent to an activating group) is 1. The number of nitrogens with one attached hydrogen (secondary N) is 1. The van der Waals surface area contributed by atoms with Crippen LogP contribution in [0.3, 0.4) is 0 Å². The zero-order chi connectivity index (χ0) is 22.2. The monoisotopic (exact) mass is 446 g/mol. The number of hydrogen-bond acceptors (Lipinski definition) is 5. The summed E-state index contributed by atoms with van der Waals surface area (Å²) in [4.78, 5) is 43.7. The highest BCUT2D eigenvalue weighted by Gasteiger charge is 2.26. The topological polar surface area (TPSA) is 76.3 Å². The minimum absolute atomic E-state index is 0.174. The van der Waals surface area contributed by atoms with Crippen LogP contribution < -0.4 is 16.6 Å². The molecule has 0 unspecified atom stereocenters. The Balaban J connectivity index is 1.69. The van der Waals surface area contributed by atoms with Crippen LogP contribution in [0.4, 0.5) is 5.69 Å². The van der Waals surface area contributed by atoms with Gasteiger partial charge in [-0.1, -0.05) is 36.4 Å². The second-order valence-electron chi connectivity index (χ2n) is 7.93. The van der Waals surface area contributed by atoms with Gasteiger partial charge in [0.2, 0.25) is 5.91 Å². The molecule has 0 bridgehead atoms. The van der Waals surface area contributed by atoms with Crippen LogP contribution in [0.2, 0.25) is 0 Å². The van der Waals surface area contributed by atoms with E-state index < -0.39 is 5.69 Å². The van der Waals surface area contributed by atoms with E-state index in [1.165, 1.54) is 20.5 Å². The molecule has 0 fully saturated rings. The van der Waals surface area contributed by atoms with Gasteiger partial charge in [0.15, 0.2) is 0 Å². The first-order valence-electron chi connectivity index (χ1n) is 10.4. The molecule has 0 saturated heterocycles. The normalized spacial score (nSPS) is 13.8. The number of anilines is 1. The molecular formula is C24H22N4O3S. The molecular weight excluding hydrogens is 424 g/mol. The number of hydrogen-bond donors (Lipinski definition) is 1. The first-order valence-corrected chi connectivity index (χ1v) is 11.2. The van der Waals surface area contributed by atoms with Crippen LogP contribution in [0.15, 0.2) is 70.3 Å². The zero-order valence-electron chi connectivity index (χ0n) is 17.6. The summed E-state index contributed by atoms with van der Waals surface area (Å²) in [5, 5.41) is 3.39. The Morgan fingerprint density at radius 1 is 1.03 bits per heavy atom. The van der Waals surface area contributed by atoms with Gasteiger partial charge in [-0.25, -0.2) is 9.36 Å². The second-order valence-corrected chi connectivity index (χ2v) is 9.01. The summed E-state index contributed by atoms with van der Waals surface area (Å²) >= 11 is 1.44. The summed E-state index contributed by atoms with van der Waals surface area (Å²) in [6.07, 6.45) is 0.740. The molecule has 0 radical (unpaired) electrons.